The second-order valence-corrected chi connectivity index (χ2v) is 8.90. The Balaban J connectivity index is 1.52. The zero-order valence-electron chi connectivity index (χ0n) is 17.0. The number of para-hydroxylation sites is 1. The Kier molecular flexibility index (Phi) is 6.11. The normalized spacial score (nSPS) is 17.6. The quantitative estimate of drug-likeness (QED) is 0.655. The van der Waals surface area contributed by atoms with Crippen molar-refractivity contribution in [3.63, 3.8) is 0 Å². The third kappa shape index (κ3) is 4.60. The van der Waals surface area contributed by atoms with E-state index in [0.29, 0.717) is 24.1 Å². The molecule has 1 atom stereocenters. The van der Waals surface area contributed by atoms with Crippen molar-refractivity contribution in [3.8, 4) is 16.3 Å². The molecule has 3 aromatic rings. The lowest BCUT2D eigenvalue weighted by Gasteiger charge is -2.35. The van der Waals surface area contributed by atoms with Crippen LogP contribution < -0.4 is 5.32 Å². The van der Waals surface area contributed by atoms with Gasteiger partial charge in [-0.15, -0.1) is 11.3 Å². The Hall–Kier alpha value is -2.44. The summed E-state index contributed by atoms with van der Waals surface area (Å²) in [4.78, 5) is 16.6. The van der Waals surface area contributed by atoms with Gasteiger partial charge in [0, 0.05) is 25.3 Å². The number of hydrogen-bond acceptors (Lipinski definition) is 4. The van der Waals surface area contributed by atoms with Crippen LogP contribution in [0.5, 0.6) is 0 Å². The number of aromatic nitrogens is 2. The molecule has 0 bridgehead atoms. The number of amides is 1. The monoisotopic (exact) mass is 408 g/mol. The first-order valence-corrected chi connectivity index (χ1v) is 11.2. The van der Waals surface area contributed by atoms with Crippen LogP contribution in [0.3, 0.4) is 0 Å². The summed E-state index contributed by atoms with van der Waals surface area (Å²) < 4.78 is 1.80. The van der Waals surface area contributed by atoms with Crippen LogP contribution in [0.4, 0.5) is 0 Å². The summed E-state index contributed by atoms with van der Waals surface area (Å²) in [6.07, 6.45) is 4.22. The molecular formula is C23H28N4OS. The van der Waals surface area contributed by atoms with Crippen molar-refractivity contribution < 1.29 is 4.79 Å². The maximum Gasteiger partial charge on any atom is 0.255 e. The molecule has 1 aliphatic rings. The summed E-state index contributed by atoms with van der Waals surface area (Å²) in [7, 11) is 0. The summed E-state index contributed by atoms with van der Waals surface area (Å²) >= 11 is 1.60. The number of hydrogen-bond donors (Lipinski definition) is 1. The minimum Gasteiger partial charge on any atom is -0.352 e. The largest absolute Gasteiger partial charge is 0.352 e. The summed E-state index contributed by atoms with van der Waals surface area (Å²) in [5, 5.41) is 9.93. The first-order chi connectivity index (χ1) is 14.1. The molecule has 1 aromatic carbocycles. The number of benzene rings is 1. The highest BCUT2D eigenvalue weighted by Gasteiger charge is 2.24. The highest BCUT2D eigenvalue weighted by Crippen LogP contribution is 2.28. The van der Waals surface area contributed by atoms with Crippen molar-refractivity contribution in [1.29, 1.82) is 0 Å². The standard InChI is InChI=1S/C23H28N4OS/c1-17(2)26-12-6-8-18(15-26)14-24-23(28)20-16-27(19-9-4-3-5-10-19)25-22(20)21-11-7-13-29-21/h3-5,7,9-11,13,16-18H,6,8,12,14-15H2,1-2H3,(H,24,28). The Morgan fingerprint density at radius 1 is 1.24 bits per heavy atom. The Morgan fingerprint density at radius 3 is 2.79 bits per heavy atom. The highest BCUT2D eigenvalue weighted by atomic mass is 32.1. The van der Waals surface area contributed by atoms with Crippen LogP contribution in [-0.2, 0) is 0 Å². The smallest absolute Gasteiger partial charge is 0.255 e. The number of likely N-dealkylation sites (tertiary alicyclic amines) is 1. The molecule has 1 N–H and O–H groups in total. The van der Waals surface area contributed by atoms with Crippen molar-refractivity contribution in [2.75, 3.05) is 19.6 Å². The second kappa shape index (κ2) is 8.93. The maximum atomic E-state index is 13.1. The van der Waals surface area contributed by atoms with Gasteiger partial charge in [0.1, 0.15) is 5.69 Å². The van der Waals surface area contributed by atoms with Crippen LogP contribution in [-0.4, -0.2) is 46.3 Å². The molecule has 1 unspecified atom stereocenters. The molecular weight excluding hydrogens is 380 g/mol. The minimum atomic E-state index is -0.0442. The fourth-order valence-electron chi connectivity index (χ4n) is 3.91. The SMILES string of the molecule is CC(C)N1CCCC(CNC(=O)c2cn(-c3ccccc3)nc2-c2cccs2)C1. The van der Waals surface area contributed by atoms with Gasteiger partial charge in [0.05, 0.1) is 16.1 Å². The molecule has 1 fully saturated rings. The summed E-state index contributed by atoms with van der Waals surface area (Å²) in [6.45, 7) is 7.41. The molecule has 0 saturated carbocycles. The van der Waals surface area contributed by atoms with Gasteiger partial charge in [-0.25, -0.2) is 4.68 Å². The van der Waals surface area contributed by atoms with Crippen molar-refractivity contribution in [3.05, 3.63) is 59.6 Å². The van der Waals surface area contributed by atoms with Gasteiger partial charge in [-0.3, -0.25) is 4.79 Å². The molecule has 3 heterocycles. The van der Waals surface area contributed by atoms with E-state index in [1.807, 2.05) is 54.0 Å². The first kappa shape index (κ1) is 19.9. The molecule has 29 heavy (non-hydrogen) atoms. The lowest BCUT2D eigenvalue weighted by molar-refractivity contribution is 0.0923. The Labute approximate surface area is 176 Å². The summed E-state index contributed by atoms with van der Waals surface area (Å²) in [6, 6.07) is 14.5. The molecule has 0 aliphatic carbocycles. The molecule has 0 radical (unpaired) electrons. The van der Waals surface area contributed by atoms with Crippen LogP contribution in [0, 0.1) is 5.92 Å². The van der Waals surface area contributed by atoms with Crippen molar-refractivity contribution >= 4 is 17.2 Å². The number of piperidine rings is 1. The fraction of sp³-hybridized carbons (Fsp3) is 0.391. The van der Waals surface area contributed by atoms with E-state index >= 15 is 0 Å². The fourth-order valence-corrected chi connectivity index (χ4v) is 4.64. The Morgan fingerprint density at radius 2 is 2.07 bits per heavy atom. The van der Waals surface area contributed by atoms with Crippen LogP contribution in [0.15, 0.2) is 54.0 Å². The van der Waals surface area contributed by atoms with Gasteiger partial charge in [0.15, 0.2) is 0 Å². The maximum absolute atomic E-state index is 13.1. The predicted octanol–water partition coefficient (Wildman–Crippen LogP) is 4.45. The van der Waals surface area contributed by atoms with Gasteiger partial charge in [0.2, 0.25) is 0 Å². The van der Waals surface area contributed by atoms with Gasteiger partial charge in [0.25, 0.3) is 5.91 Å². The van der Waals surface area contributed by atoms with E-state index in [4.69, 9.17) is 5.10 Å². The second-order valence-electron chi connectivity index (χ2n) is 7.96. The van der Waals surface area contributed by atoms with Crippen molar-refractivity contribution in [2.24, 2.45) is 5.92 Å². The van der Waals surface area contributed by atoms with Crippen LogP contribution in [0.25, 0.3) is 16.3 Å². The van der Waals surface area contributed by atoms with E-state index in [1.165, 1.54) is 12.8 Å². The summed E-state index contributed by atoms with van der Waals surface area (Å²) in [5.74, 6) is 0.460. The first-order valence-electron chi connectivity index (χ1n) is 10.3. The molecule has 6 heteroatoms. The van der Waals surface area contributed by atoms with E-state index in [9.17, 15) is 4.79 Å². The van der Waals surface area contributed by atoms with E-state index in [-0.39, 0.29) is 5.91 Å². The third-order valence-electron chi connectivity index (χ3n) is 5.57. The van der Waals surface area contributed by atoms with Crippen LogP contribution >= 0.6 is 11.3 Å². The van der Waals surface area contributed by atoms with E-state index in [1.54, 1.807) is 16.0 Å². The molecule has 1 amide bonds. The number of carbonyl (C=O) groups excluding carboxylic acids is 1. The number of rotatable bonds is 6. The summed E-state index contributed by atoms with van der Waals surface area (Å²) in [5.41, 5.74) is 2.32. The molecule has 2 aromatic heterocycles. The van der Waals surface area contributed by atoms with Gasteiger partial charge in [-0.05, 0) is 62.7 Å². The van der Waals surface area contributed by atoms with Gasteiger partial charge in [-0.2, -0.15) is 5.10 Å². The molecule has 5 nitrogen and oxygen atoms in total. The average Bonchev–Trinajstić information content (AvgIpc) is 3.42. The number of carbonyl (C=O) groups is 1. The lowest BCUT2D eigenvalue weighted by atomic mass is 9.97. The van der Waals surface area contributed by atoms with Crippen molar-refractivity contribution in [1.82, 2.24) is 20.0 Å². The molecule has 0 spiro atoms. The van der Waals surface area contributed by atoms with E-state index in [2.05, 4.69) is 24.1 Å². The lowest BCUT2D eigenvalue weighted by Crippen LogP contribution is -2.43. The van der Waals surface area contributed by atoms with Gasteiger partial charge in [-0.1, -0.05) is 24.3 Å². The number of nitrogens with one attached hydrogen (secondary N) is 1. The molecule has 4 rings (SSSR count). The minimum absolute atomic E-state index is 0.0442. The number of thiophene rings is 1. The Bertz CT molecular complexity index is 933. The number of nitrogens with zero attached hydrogens (tertiary/aromatic N) is 3. The topological polar surface area (TPSA) is 50.2 Å². The molecule has 1 saturated heterocycles. The highest BCUT2D eigenvalue weighted by molar-refractivity contribution is 7.13. The predicted molar refractivity (Wildman–Crippen MR) is 119 cm³/mol. The van der Waals surface area contributed by atoms with E-state index < -0.39 is 0 Å². The van der Waals surface area contributed by atoms with Crippen LogP contribution in [0.2, 0.25) is 0 Å². The third-order valence-corrected chi connectivity index (χ3v) is 6.44. The van der Waals surface area contributed by atoms with Crippen LogP contribution in [0.1, 0.15) is 37.0 Å². The zero-order chi connectivity index (χ0) is 20.2. The molecule has 152 valence electrons. The molecule has 1 aliphatic heterocycles. The van der Waals surface area contributed by atoms with Gasteiger partial charge < -0.3 is 10.2 Å². The average molecular weight is 409 g/mol. The van der Waals surface area contributed by atoms with E-state index in [0.717, 1.165) is 29.3 Å². The van der Waals surface area contributed by atoms with Gasteiger partial charge >= 0.3 is 0 Å². The zero-order valence-corrected chi connectivity index (χ0v) is 17.9. The van der Waals surface area contributed by atoms with Crippen molar-refractivity contribution in [2.45, 2.75) is 32.7 Å².